The van der Waals surface area contributed by atoms with Crippen LogP contribution in [0.15, 0.2) is 85.2 Å². The lowest BCUT2D eigenvalue weighted by atomic mass is 9.90. The number of benzene rings is 3. The number of nitrogens with two attached hydrogens (primary N) is 2. The Bertz CT molecular complexity index is 4990. The van der Waals surface area contributed by atoms with Crippen LogP contribution in [0.4, 0.5) is 0 Å². The molecule has 44 heteroatoms. The van der Waals surface area contributed by atoms with Crippen molar-refractivity contribution >= 4 is 146 Å². The van der Waals surface area contributed by atoms with Crippen LogP contribution in [0.25, 0.3) is 21.8 Å². The number of ketones is 1. The number of likely N-dealkylation sites (N-methyl/N-ethyl adjacent to an activating group) is 3. The number of carboxylic acids is 2. The van der Waals surface area contributed by atoms with Gasteiger partial charge in [0, 0.05) is 119 Å². The van der Waals surface area contributed by atoms with Gasteiger partial charge in [-0.05, 0) is 92.8 Å². The van der Waals surface area contributed by atoms with E-state index in [0.717, 1.165) is 31.5 Å². The Labute approximate surface area is 757 Å². The van der Waals surface area contributed by atoms with Gasteiger partial charge in [-0.3, -0.25) is 91.1 Å². The summed E-state index contributed by atoms with van der Waals surface area (Å²) < 4.78 is 0. The molecule has 0 bridgehead atoms. The number of carboxylic acid groups (broad SMARTS) is 2. The van der Waals surface area contributed by atoms with Crippen molar-refractivity contribution in [3.8, 4) is 5.75 Å². The fourth-order valence-electron chi connectivity index (χ4n) is 16.0. The van der Waals surface area contributed by atoms with Gasteiger partial charge in [0.2, 0.25) is 94.5 Å². The highest BCUT2D eigenvalue weighted by Gasteiger charge is 2.47. The summed E-state index contributed by atoms with van der Waals surface area (Å²) in [6.45, 7) is 0.854. The Balaban J connectivity index is 1.19. The van der Waals surface area contributed by atoms with Crippen LogP contribution in [0.3, 0.4) is 0 Å². The van der Waals surface area contributed by atoms with E-state index in [1.165, 1.54) is 45.3 Å². The number of H-pyrrole nitrogens is 2. The second-order valence-electron chi connectivity index (χ2n) is 32.9. The summed E-state index contributed by atoms with van der Waals surface area (Å²) in [6, 6.07) is -2.84. The molecular formula is C87H118N18O25S. The maximum absolute atomic E-state index is 15.7. The van der Waals surface area contributed by atoms with Crippen LogP contribution < -0.4 is 59.3 Å². The van der Waals surface area contributed by atoms with Crippen LogP contribution in [0.1, 0.15) is 134 Å². The van der Waals surface area contributed by atoms with Crippen LogP contribution >= 0.6 is 11.8 Å². The van der Waals surface area contributed by atoms with Crippen LogP contribution in [0, 0.1) is 5.92 Å². The molecule has 3 aliphatic rings. The lowest BCUT2D eigenvalue weighted by Gasteiger charge is -2.36. The summed E-state index contributed by atoms with van der Waals surface area (Å²) in [5.41, 5.74) is 13.4. The smallest absolute Gasteiger partial charge is 0.305 e. The first kappa shape index (κ1) is 103. The number of nitrogens with one attached hydrogen (secondary N) is 11. The number of Topliss-reactive ketones (excluding diaryl/α,β-unsaturated/α-hetero) is 1. The maximum atomic E-state index is 15.7. The number of phenols is 1. The van der Waals surface area contributed by atoms with Gasteiger partial charge < -0.3 is 124 Å². The molecule has 2 aromatic heterocycles. The molecule has 3 saturated heterocycles. The molecule has 5 heterocycles. The van der Waals surface area contributed by atoms with Crippen molar-refractivity contribution in [3.63, 3.8) is 0 Å². The van der Waals surface area contributed by atoms with Gasteiger partial charge in [-0.2, -0.15) is 0 Å². The van der Waals surface area contributed by atoms with E-state index in [-0.39, 0.29) is 70.1 Å². The number of thioether (sulfide) groups is 1. The van der Waals surface area contributed by atoms with Crippen molar-refractivity contribution in [2.45, 2.75) is 221 Å². The molecule has 16 amide bonds. The third-order valence-electron chi connectivity index (χ3n) is 23.4. The van der Waals surface area contributed by atoms with E-state index in [2.05, 4.69) is 57.8 Å². The first-order chi connectivity index (χ1) is 62.3. The molecule has 8 rings (SSSR count). The first-order valence-electron chi connectivity index (χ1n) is 43.3. The monoisotopic (exact) mass is 1850 g/mol. The predicted octanol–water partition coefficient (Wildman–Crippen LogP) is -3.39. The molecule has 0 aliphatic carbocycles. The molecule has 3 aliphatic heterocycles. The van der Waals surface area contributed by atoms with E-state index in [1.807, 2.05) is 0 Å². The van der Waals surface area contributed by atoms with Gasteiger partial charge >= 0.3 is 11.9 Å². The minimum atomic E-state index is -1.97. The fourth-order valence-corrected chi connectivity index (χ4v) is 16.9. The summed E-state index contributed by atoms with van der Waals surface area (Å²) in [6.07, 6.45) is -2.89. The second kappa shape index (κ2) is 49.1. The summed E-state index contributed by atoms with van der Waals surface area (Å²) in [7, 11) is 3.70. The van der Waals surface area contributed by atoms with Gasteiger partial charge in [0.05, 0.1) is 44.1 Å². The summed E-state index contributed by atoms with van der Waals surface area (Å²) in [4.78, 5) is 282. The van der Waals surface area contributed by atoms with E-state index in [1.54, 1.807) is 74.8 Å². The molecular weight excluding hydrogens is 1730 g/mol. The lowest BCUT2D eigenvalue weighted by Crippen LogP contribution is -2.61. The highest BCUT2D eigenvalue weighted by atomic mass is 32.2. The molecule has 21 N–H and O–H groups in total. The number of carbonyl (C=O) groups excluding carboxylic acids is 17. The quantitative estimate of drug-likeness (QED) is 0.0271. The molecule has 0 spiro atoms. The minimum Gasteiger partial charge on any atom is -0.508 e. The number of carbonyl (C=O) groups is 19. The largest absolute Gasteiger partial charge is 0.508 e. The minimum absolute atomic E-state index is 0.0606. The number of para-hydroxylation sites is 2. The number of unbranched alkanes of at least 4 members (excludes halogenated alkanes) is 2. The Morgan fingerprint density at radius 1 is 0.519 bits per heavy atom. The number of aliphatic hydroxyl groups is 3. The number of hydrogen-bond donors (Lipinski definition) is 19. The van der Waals surface area contributed by atoms with Crippen molar-refractivity contribution in [1.29, 1.82) is 0 Å². The first-order valence-corrected chi connectivity index (χ1v) is 44.4. The molecule has 0 radical (unpaired) electrons. The maximum Gasteiger partial charge on any atom is 0.305 e. The normalized spacial score (nSPS) is 25.2. The van der Waals surface area contributed by atoms with Crippen molar-refractivity contribution in [1.82, 2.24) is 82.3 Å². The third kappa shape index (κ3) is 28.7. The number of aliphatic hydroxyl groups excluding tert-OH is 3. The number of phenolic OH excluding ortho intramolecular Hbond substituents is 1. The SMILES string of the molecule is CCCC[C@H]1C(=O)N(C)[C@@H](CCCC)C(=O)N[C@@H](CCC(=O)O)C(=O)N[C@H](C(=O)NCC(N)=O)CSCC(=O)N[C@@H](Cc2ccc(O)cc2)C(=O)N(C)[C@@H](C)C(=O)N[C@@H](CC(=O)O)C(=O)N2CCC[C@H]2C(=O)N[C@@H](CO)C(=O)N[C@@H](CCC(N)=O)C(=O)N2C[C@H](O)C[C@H]2C(=O)C[C@@H](Cc2c[nH]c3ccccc23)C(=O)N[C@@H](CO)C(=O)N[C@@H](Cc2c[nH]c3ccccc23)C(=O)N1C. The number of fused-ring (bicyclic) bond motifs is 4. The number of aromatic amines is 2. The van der Waals surface area contributed by atoms with Crippen LogP contribution in [-0.2, 0) is 110 Å². The summed E-state index contributed by atoms with van der Waals surface area (Å²) in [5, 5.41) is 86.9. The van der Waals surface area contributed by atoms with Gasteiger partial charge in [-0.1, -0.05) is 88.1 Å². The molecule has 5 aromatic rings. The van der Waals surface area contributed by atoms with Gasteiger partial charge in [0.15, 0.2) is 5.78 Å². The van der Waals surface area contributed by atoms with Crippen LogP contribution in [0.5, 0.6) is 5.75 Å². The van der Waals surface area contributed by atoms with Crippen molar-refractivity contribution in [3.05, 3.63) is 102 Å². The van der Waals surface area contributed by atoms with Crippen molar-refractivity contribution in [2.24, 2.45) is 17.4 Å². The molecule has 3 aromatic carbocycles. The zero-order valence-corrected chi connectivity index (χ0v) is 74.5. The van der Waals surface area contributed by atoms with Gasteiger partial charge in [-0.15, -0.1) is 11.8 Å². The standard InChI is InChI=1S/C87H118N18O25S/c1-7-9-20-65-81(124)94-57(28-30-73(114)115)78(121)100-64(77(120)92-40-71(89)112)44-131-45-72(113)93-59(32-47-23-25-51(108)26-24-47)83(126)101(4)46(3)75(118)96-61(37-74(116)117)86(129)104-31-15-22-66(104)82(125)99-63(43-107)79(122)95-58(27-29-70(88)111)85(128)105-41-52(109)36-68(105)69(110)35-48(33-49-38-90-55-18-13-11-16-53(49)55)76(119)98-62(42-106)80(123)97-60(34-50-39-91-56-19-14-12-17-54(50)56)84(127)103(6)67(21-10-8-2)87(130)102(65)5/h11-14,16-19,23-26,38-39,46,48,52,57-68,90-91,106-109H,7-10,15,20-22,27-37,40-45H2,1-6H3,(H2,88,111)(H2,89,112)(H,92,120)(H,93,113)(H,94,124)(H,95,122)(H,96,118)(H,97,123)(H,98,119)(H,99,125)(H,100,121)(H,114,115)(H,116,117)/t46-,48+,52+,57-,58-,59-,60-,61-,62-,63-,64-,65-,66-,67-,68-/m0/s1. The lowest BCUT2D eigenvalue weighted by molar-refractivity contribution is -0.149. The second-order valence-corrected chi connectivity index (χ2v) is 34.0. The van der Waals surface area contributed by atoms with E-state index in [9.17, 15) is 88.2 Å². The molecule has 712 valence electrons. The number of amides is 16. The Morgan fingerprint density at radius 3 is 1.63 bits per heavy atom. The van der Waals surface area contributed by atoms with Gasteiger partial charge in [0.25, 0.3) is 0 Å². The Hall–Kier alpha value is -13.1. The van der Waals surface area contributed by atoms with E-state index in [0.29, 0.717) is 63.1 Å². The average molecular weight is 1850 g/mol. The third-order valence-corrected chi connectivity index (χ3v) is 24.5. The molecule has 0 saturated carbocycles. The topological polar surface area (TPSA) is 654 Å². The fraction of sp³-hybridized carbons (Fsp3) is 0.529. The highest BCUT2D eigenvalue weighted by Crippen LogP contribution is 2.30. The van der Waals surface area contributed by atoms with Crippen LogP contribution in [-0.4, -0.2) is 327 Å². The van der Waals surface area contributed by atoms with E-state index >= 15 is 33.6 Å². The highest BCUT2D eigenvalue weighted by molar-refractivity contribution is 8.00. The number of hydrogen-bond acceptors (Lipinski definition) is 24. The molecule has 0 unspecified atom stereocenters. The summed E-state index contributed by atoms with van der Waals surface area (Å²) >= 11 is 0.680. The van der Waals surface area contributed by atoms with Gasteiger partial charge in [0.1, 0.15) is 78.3 Å². The van der Waals surface area contributed by atoms with Crippen molar-refractivity contribution < 1.29 is 122 Å². The number of aromatic hydroxyl groups is 1. The summed E-state index contributed by atoms with van der Waals surface area (Å²) in [5.74, 6) is -23.5. The zero-order chi connectivity index (χ0) is 96.2. The van der Waals surface area contributed by atoms with Gasteiger partial charge in [-0.25, -0.2) is 0 Å². The zero-order valence-electron chi connectivity index (χ0n) is 73.7. The molecule has 43 nitrogen and oxygen atoms in total. The molecule has 3 fully saturated rings. The predicted molar refractivity (Wildman–Crippen MR) is 471 cm³/mol. The number of rotatable bonds is 25. The number of aliphatic carboxylic acids is 2. The Kier molecular flexibility index (Phi) is 38.7. The average Bonchev–Trinajstić information content (AvgIpc) is 1.80. The van der Waals surface area contributed by atoms with E-state index < -0.39 is 286 Å². The number of nitrogens with zero attached hydrogens (tertiary/aromatic N) is 5. The number of primary amides is 2. The Morgan fingerprint density at radius 2 is 1.05 bits per heavy atom. The van der Waals surface area contributed by atoms with E-state index in [4.69, 9.17) is 11.5 Å². The van der Waals surface area contributed by atoms with Crippen LogP contribution in [0.2, 0.25) is 0 Å². The molecule has 131 heavy (non-hydrogen) atoms. The molecule has 15 atom stereocenters. The number of aromatic nitrogens is 2. The van der Waals surface area contributed by atoms with Crippen molar-refractivity contribution in [2.75, 3.05) is 65.5 Å².